The second kappa shape index (κ2) is 6.38. The number of esters is 1. The second-order valence-corrected chi connectivity index (χ2v) is 9.60. The van der Waals surface area contributed by atoms with Gasteiger partial charge in [0, 0.05) is 24.2 Å². The molecule has 0 unspecified atom stereocenters. The zero-order chi connectivity index (χ0) is 20.3. The van der Waals surface area contributed by atoms with Crippen LogP contribution in [0.1, 0.15) is 65.7 Å². The number of ketones is 2. The monoisotopic (exact) mass is 386 g/mol. The topological polar surface area (TPSA) is 80.7 Å². The molecule has 0 spiro atoms. The van der Waals surface area contributed by atoms with Crippen molar-refractivity contribution in [1.29, 1.82) is 0 Å². The first-order valence-corrected chi connectivity index (χ1v) is 10.5. The Kier molecular flexibility index (Phi) is 4.46. The molecule has 0 bridgehead atoms. The number of hydrogen-bond acceptors (Lipinski definition) is 5. The number of aliphatic hydroxyl groups is 1. The van der Waals surface area contributed by atoms with E-state index in [-0.39, 0.29) is 29.5 Å². The number of carbonyl (C=O) groups is 3. The molecular weight excluding hydrogens is 356 g/mol. The van der Waals surface area contributed by atoms with Gasteiger partial charge in [-0.05, 0) is 56.4 Å². The lowest BCUT2D eigenvalue weighted by molar-refractivity contribution is -0.162. The van der Waals surface area contributed by atoms with Gasteiger partial charge in [0.2, 0.25) is 5.78 Å². The van der Waals surface area contributed by atoms with Crippen LogP contribution < -0.4 is 0 Å². The molecule has 0 aromatic heterocycles. The molecule has 0 saturated heterocycles. The molecule has 5 heteroatoms. The minimum atomic E-state index is -1.45. The van der Waals surface area contributed by atoms with Gasteiger partial charge in [-0.15, -0.1) is 0 Å². The molecule has 1 N–H and O–H groups in total. The summed E-state index contributed by atoms with van der Waals surface area (Å²) in [7, 11) is 0. The summed E-state index contributed by atoms with van der Waals surface area (Å²) in [4.78, 5) is 35.9. The van der Waals surface area contributed by atoms with E-state index in [0.29, 0.717) is 25.2 Å². The van der Waals surface area contributed by atoms with Crippen LogP contribution in [0, 0.1) is 22.7 Å². The van der Waals surface area contributed by atoms with Gasteiger partial charge in [-0.25, -0.2) is 0 Å². The molecule has 0 heterocycles. The molecular formula is C23H30O5. The molecule has 0 aromatic rings. The lowest BCUT2D eigenvalue weighted by Crippen LogP contribution is -2.55. The van der Waals surface area contributed by atoms with Gasteiger partial charge in [-0.3, -0.25) is 14.4 Å². The number of rotatable bonds is 3. The second-order valence-electron chi connectivity index (χ2n) is 9.60. The van der Waals surface area contributed by atoms with E-state index in [9.17, 15) is 19.5 Å². The molecule has 28 heavy (non-hydrogen) atoms. The largest absolute Gasteiger partial charge is 0.458 e. The highest BCUT2D eigenvalue weighted by atomic mass is 16.5. The summed E-state index contributed by atoms with van der Waals surface area (Å²) in [6, 6.07) is 0. The molecule has 5 atom stereocenters. The molecule has 2 fully saturated rings. The fourth-order valence-electron chi connectivity index (χ4n) is 6.61. The molecule has 4 rings (SSSR count). The number of allylic oxidation sites excluding steroid dienone is 4. The summed E-state index contributed by atoms with van der Waals surface area (Å²) in [6.45, 7) is 5.21. The van der Waals surface area contributed by atoms with Crippen molar-refractivity contribution in [3.63, 3.8) is 0 Å². The maximum Gasteiger partial charge on any atom is 0.303 e. The predicted molar refractivity (Wildman–Crippen MR) is 103 cm³/mol. The first-order chi connectivity index (χ1) is 13.1. The summed E-state index contributed by atoms with van der Waals surface area (Å²) >= 11 is 0. The Morgan fingerprint density at radius 1 is 1.21 bits per heavy atom. The van der Waals surface area contributed by atoms with E-state index >= 15 is 0 Å². The minimum Gasteiger partial charge on any atom is -0.458 e. The van der Waals surface area contributed by atoms with Crippen molar-refractivity contribution in [1.82, 2.24) is 0 Å². The first-order valence-electron chi connectivity index (χ1n) is 10.5. The zero-order valence-electron chi connectivity index (χ0n) is 17.0. The molecule has 0 aliphatic heterocycles. The number of carbonyl (C=O) groups excluding carboxylic acids is 3. The van der Waals surface area contributed by atoms with Gasteiger partial charge in [-0.1, -0.05) is 31.1 Å². The van der Waals surface area contributed by atoms with Gasteiger partial charge in [0.15, 0.2) is 12.4 Å². The molecule has 152 valence electrons. The third-order valence-electron chi connectivity index (χ3n) is 8.36. The van der Waals surface area contributed by atoms with Gasteiger partial charge in [0.05, 0.1) is 0 Å². The molecule has 4 aliphatic carbocycles. The van der Waals surface area contributed by atoms with E-state index in [1.807, 2.05) is 13.0 Å². The van der Waals surface area contributed by atoms with Crippen LogP contribution in [0.25, 0.3) is 0 Å². The summed E-state index contributed by atoms with van der Waals surface area (Å²) in [6.07, 6.45) is 9.31. The Bertz CT molecular complexity index is 808. The first kappa shape index (κ1) is 19.6. The van der Waals surface area contributed by atoms with Crippen LogP contribution in [-0.4, -0.2) is 34.9 Å². The van der Waals surface area contributed by atoms with E-state index in [1.165, 1.54) is 18.1 Å². The smallest absolute Gasteiger partial charge is 0.303 e. The lowest BCUT2D eigenvalue weighted by Gasteiger charge is -2.54. The Balaban J connectivity index is 1.66. The van der Waals surface area contributed by atoms with Crippen molar-refractivity contribution in [3.05, 3.63) is 23.3 Å². The van der Waals surface area contributed by atoms with Crippen LogP contribution in [0.2, 0.25) is 0 Å². The average molecular weight is 386 g/mol. The van der Waals surface area contributed by atoms with Crippen LogP contribution in [0.15, 0.2) is 23.3 Å². The van der Waals surface area contributed by atoms with Gasteiger partial charge in [-0.2, -0.15) is 0 Å². The van der Waals surface area contributed by atoms with E-state index in [1.54, 1.807) is 0 Å². The highest BCUT2D eigenvalue weighted by Gasteiger charge is 2.64. The molecule has 0 aromatic carbocycles. The minimum absolute atomic E-state index is 0.0549. The molecule has 2 saturated carbocycles. The third-order valence-corrected chi connectivity index (χ3v) is 8.36. The van der Waals surface area contributed by atoms with Crippen LogP contribution in [0.3, 0.4) is 0 Å². The number of fused-ring (bicyclic) bond motifs is 5. The van der Waals surface area contributed by atoms with Crippen molar-refractivity contribution in [3.8, 4) is 0 Å². The van der Waals surface area contributed by atoms with Crippen LogP contribution in [-0.2, 0) is 19.1 Å². The van der Waals surface area contributed by atoms with Gasteiger partial charge >= 0.3 is 5.97 Å². The fraction of sp³-hybridized carbons (Fsp3) is 0.696. The predicted octanol–water partition coefficient (Wildman–Crippen LogP) is 3.30. The van der Waals surface area contributed by atoms with Crippen molar-refractivity contribution >= 4 is 17.5 Å². The molecule has 5 nitrogen and oxygen atoms in total. The Morgan fingerprint density at radius 2 is 1.96 bits per heavy atom. The SMILES string of the molecule is CC(=O)OCC(=O)[C@@]1(O)CC[C@@H]2[C@H]3CCC4=CC(=O)CC[C@]4(C)C3=CC[C@@]21C. The van der Waals surface area contributed by atoms with Crippen molar-refractivity contribution in [2.24, 2.45) is 22.7 Å². The van der Waals surface area contributed by atoms with Crippen molar-refractivity contribution < 1.29 is 24.2 Å². The molecule has 4 aliphatic rings. The van der Waals surface area contributed by atoms with E-state index in [2.05, 4.69) is 13.0 Å². The van der Waals surface area contributed by atoms with Gasteiger partial charge in [0.25, 0.3) is 0 Å². The highest BCUT2D eigenvalue weighted by molar-refractivity contribution is 5.92. The average Bonchev–Trinajstić information content (AvgIpc) is 2.92. The highest BCUT2D eigenvalue weighted by Crippen LogP contribution is 2.65. The number of ether oxygens (including phenoxy) is 1. The van der Waals surface area contributed by atoms with E-state index < -0.39 is 17.0 Å². The quantitative estimate of drug-likeness (QED) is 0.595. The van der Waals surface area contributed by atoms with E-state index in [0.717, 1.165) is 25.7 Å². The summed E-state index contributed by atoms with van der Waals surface area (Å²) in [5, 5.41) is 11.4. The lowest BCUT2D eigenvalue weighted by atomic mass is 9.50. The van der Waals surface area contributed by atoms with Crippen LogP contribution >= 0.6 is 0 Å². The zero-order valence-corrected chi connectivity index (χ0v) is 17.0. The van der Waals surface area contributed by atoms with Gasteiger partial charge < -0.3 is 9.84 Å². The maximum absolute atomic E-state index is 12.8. The molecule has 0 amide bonds. The normalized spacial score (nSPS) is 41.9. The molecule has 0 radical (unpaired) electrons. The van der Waals surface area contributed by atoms with Crippen molar-refractivity contribution in [2.75, 3.05) is 6.61 Å². The standard InChI is InChI=1S/C23H30O5/c1-14(24)28-13-20(26)23(27)11-8-19-17-5-4-15-12-16(25)6-9-21(15,2)18(17)7-10-22(19,23)3/h7,12,17,19,27H,4-6,8-11,13H2,1-3H3/t17-,19+,21-,22-,23-/m0/s1. The van der Waals surface area contributed by atoms with E-state index in [4.69, 9.17) is 4.74 Å². The Hall–Kier alpha value is -1.75. The Labute approximate surface area is 166 Å². The summed E-state index contributed by atoms with van der Waals surface area (Å²) < 4.78 is 4.91. The Morgan fingerprint density at radius 3 is 2.68 bits per heavy atom. The van der Waals surface area contributed by atoms with Crippen LogP contribution in [0.5, 0.6) is 0 Å². The van der Waals surface area contributed by atoms with Crippen LogP contribution in [0.4, 0.5) is 0 Å². The van der Waals surface area contributed by atoms with Gasteiger partial charge in [0.1, 0.15) is 5.60 Å². The fourth-order valence-corrected chi connectivity index (χ4v) is 6.61. The third kappa shape index (κ3) is 2.58. The summed E-state index contributed by atoms with van der Waals surface area (Å²) in [5.74, 6) is -0.0813. The summed E-state index contributed by atoms with van der Waals surface area (Å²) in [5.41, 5.74) is 0.626. The van der Waals surface area contributed by atoms with Crippen molar-refractivity contribution in [2.45, 2.75) is 71.3 Å². The maximum atomic E-state index is 12.8. The number of Topliss-reactive ketones (excluding diaryl/α,β-unsaturated/α-hetero) is 1. The number of hydrogen-bond donors (Lipinski definition) is 1.